The maximum atomic E-state index is 11.8. The van der Waals surface area contributed by atoms with Gasteiger partial charge >= 0.3 is 5.97 Å². The lowest BCUT2D eigenvalue weighted by atomic mass is 10.0. The number of hydrogen-bond acceptors (Lipinski definition) is 3. The highest BCUT2D eigenvalue weighted by atomic mass is 16.6. The lowest BCUT2D eigenvalue weighted by molar-refractivity contribution is -0.168. The van der Waals surface area contributed by atoms with Crippen molar-refractivity contribution in [2.45, 2.75) is 174 Å². The van der Waals surface area contributed by atoms with Gasteiger partial charge in [0.2, 0.25) is 6.29 Å². The molecule has 0 aromatic rings. The summed E-state index contributed by atoms with van der Waals surface area (Å²) in [5.74, 6) is -0.231. The lowest BCUT2D eigenvalue weighted by Crippen LogP contribution is -2.17. The van der Waals surface area contributed by atoms with Crippen molar-refractivity contribution in [3.63, 3.8) is 0 Å². The Morgan fingerprint density at radius 2 is 0.871 bits per heavy atom. The standard InChI is InChI=1S/C28H56O3/c1-3-5-7-9-11-13-14-15-16-18-20-22-24-26-28(30)31-27(29)25-23-21-19-17-12-10-8-6-4-2/h28,30H,3-26H2,1-2H3. The second-order valence-corrected chi connectivity index (χ2v) is 9.55. The monoisotopic (exact) mass is 440 g/mol. The number of aliphatic hydroxyl groups is 1. The number of carbonyl (C=O) groups excluding carboxylic acids is 1. The van der Waals surface area contributed by atoms with Crippen molar-refractivity contribution in [2.24, 2.45) is 0 Å². The average molecular weight is 441 g/mol. The van der Waals surface area contributed by atoms with E-state index in [0.29, 0.717) is 12.8 Å². The van der Waals surface area contributed by atoms with Crippen LogP contribution in [-0.4, -0.2) is 17.4 Å². The molecule has 31 heavy (non-hydrogen) atoms. The molecule has 0 saturated carbocycles. The number of esters is 1. The van der Waals surface area contributed by atoms with Gasteiger partial charge in [-0.1, -0.05) is 142 Å². The molecule has 186 valence electrons. The summed E-state index contributed by atoms with van der Waals surface area (Å²) in [5.41, 5.74) is 0. The van der Waals surface area contributed by atoms with E-state index in [0.717, 1.165) is 25.7 Å². The van der Waals surface area contributed by atoms with E-state index in [9.17, 15) is 9.90 Å². The number of aliphatic hydroxyl groups excluding tert-OH is 1. The van der Waals surface area contributed by atoms with E-state index in [1.807, 2.05) is 0 Å². The van der Waals surface area contributed by atoms with E-state index in [2.05, 4.69) is 13.8 Å². The molecular formula is C28H56O3. The van der Waals surface area contributed by atoms with Crippen molar-refractivity contribution in [2.75, 3.05) is 0 Å². The van der Waals surface area contributed by atoms with Gasteiger partial charge in [0.25, 0.3) is 0 Å². The van der Waals surface area contributed by atoms with E-state index in [4.69, 9.17) is 4.74 Å². The summed E-state index contributed by atoms with van der Waals surface area (Å²) in [4.78, 5) is 11.8. The molecule has 0 spiro atoms. The van der Waals surface area contributed by atoms with Gasteiger partial charge in [0.15, 0.2) is 0 Å². The van der Waals surface area contributed by atoms with Crippen LogP contribution in [0.3, 0.4) is 0 Å². The summed E-state index contributed by atoms with van der Waals surface area (Å²) in [7, 11) is 0. The molecule has 0 bridgehead atoms. The minimum atomic E-state index is -0.904. The number of rotatable bonds is 25. The molecule has 1 unspecified atom stereocenters. The highest BCUT2D eigenvalue weighted by Gasteiger charge is 2.10. The van der Waals surface area contributed by atoms with E-state index in [1.165, 1.54) is 116 Å². The number of carbonyl (C=O) groups is 1. The summed E-state index contributed by atoms with van der Waals surface area (Å²) in [5, 5.41) is 9.90. The normalized spacial score (nSPS) is 12.2. The van der Waals surface area contributed by atoms with Gasteiger partial charge in [0.1, 0.15) is 0 Å². The molecule has 0 amide bonds. The second-order valence-electron chi connectivity index (χ2n) is 9.55. The fourth-order valence-corrected chi connectivity index (χ4v) is 4.19. The first-order chi connectivity index (χ1) is 15.2. The summed E-state index contributed by atoms with van der Waals surface area (Å²) < 4.78 is 5.15. The number of hydrogen-bond donors (Lipinski definition) is 1. The molecule has 0 aliphatic heterocycles. The first kappa shape index (κ1) is 30.4. The molecule has 0 aliphatic rings. The lowest BCUT2D eigenvalue weighted by Gasteiger charge is -2.12. The minimum absolute atomic E-state index is 0.231. The van der Waals surface area contributed by atoms with Gasteiger partial charge < -0.3 is 9.84 Å². The zero-order chi connectivity index (χ0) is 22.8. The maximum Gasteiger partial charge on any atom is 0.308 e. The van der Waals surface area contributed by atoms with Gasteiger partial charge in [0.05, 0.1) is 0 Å². The van der Waals surface area contributed by atoms with Gasteiger partial charge in [-0.15, -0.1) is 0 Å². The van der Waals surface area contributed by atoms with E-state index in [1.54, 1.807) is 0 Å². The fraction of sp³-hybridized carbons (Fsp3) is 0.964. The van der Waals surface area contributed by atoms with E-state index >= 15 is 0 Å². The molecule has 3 nitrogen and oxygen atoms in total. The zero-order valence-electron chi connectivity index (χ0n) is 21.3. The number of ether oxygens (including phenoxy) is 1. The summed E-state index contributed by atoms with van der Waals surface area (Å²) in [6.07, 6.45) is 28.4. The molecule has 0 heterocycles. The van der Waals surface area contributed by atoms with Crippen LogP contribution in [0.15, 0.2) is 0 Å². The Kier molecular flexibility index (Phi) is 25.2. The van der Waals surface area contributed by atoms with Crippen LogP contribution in [0.25, 0.3) is 0 Å². The molecule has 0 aromatic heterocycles. The Bertz CT molecular complexity index is 356. The predicted molar refractivity (Wildman–Crippen MR) is 134 cm³/mol. The van der Waals surface area contributed by atoms with Gasteiger partial charge in [-0.25, -0.2) is 0 Å². The molecule has 0 saturated heterocycles. The molecular weight excluding hydrogens is 384 g/mol. The number of unbranched alkanes of at least 4 members (excludes halogenated alkanes) is 20. The van der Waals surface area contributed by atoms with Crippen LogP contribution in [-0.2, 0) is 9.53 Å². The van der Waals surface area contributed by atoms with Crippen LogP contribution in [0.4, 0.5) is 0 Å². The second kappa shape index (κ2) is 25.7. The van der Waals surface area contributed by atoms with E-state index in [-0.39, 0.29) is 5.97 Å². The third kappa shape index (κ3) is 25.6. The first-order valence-corrected chi connectivity index (χ1v) is 14.1. The SMILES string of the molecule is CCCCCCCCCCCCCCCC(O)OC(=O)CCCCCCCCCCC. The molecule has 0 radical (unpaired) electrons. The largest absolute Gasteiger partial charge is 0.436 e. The predicted octanol–water partition coefficient (Wildman–Crippen LogP) is 9.25. The quantitative estimate of drug-likeness (QED) is 0.0873. The van der Waals surface area contributed by atoms with Crippen molar-refractivity contribution in [1.82, 2.24) is 0 Å². The Morgan fingerprint density at radius 3 is 1.26 bits per heavy atom. The molecule has 0 rings (SSSR count). The van der Waals surface area contributed by atoms with Crippen LogP contribution in [0.5, 0.6) is 0 Å². The van der Waals surface area contributed by atoms with Crippen molar-refractivity contribution < 1.29 is 14.6 Å². The third-order valence-corrected chi connectivity index (χ3v) is 6.31. The first-order valence-electron chi connectivity index (χ1n) is 14.1. The van der Waals surface area contributed by atoms with Gasteiger partial charge in [0, 0.05) is 12.8 Å². The van der Waals surface area contributed by atoms with Crippen LogP contribution in [0.2, 0.25) is 0 Å². The molecule has 3 heteroatoms. The van der Waals surface area contributed by atoms with Crippen molar-refractivity contribution in [3.8, 4) is 0 Å². The van der Waals surface area contributed by atoms with Crippen molar-refractivity contribution in [1.29, 1.82) is 0 Å². The fourth-order valence-electron chi connectivity index (χ4n) is 4.19. The van der Waals surface area contributed by atoms with Crippen molar-refractivity contribution in [3.05, 3.63) is 0 Å². The van der Waals surface area contributed by atoms with Crippen LogP contribution < -0.4 is 0 Å². The van der Waals surface area contributed by atoms with Crippen LogP contribution in [0, 0.1) is 0 Å². The summed E-state index contributed by atoms with van der Waals surface area (Å²) in [6.45, 7) is 4.52. The average Bonchev–Trinajstić information content (AvgIpc) is 2.75. The molecule has 0 fully saturated rings. The summed E-state index contributed by atoms with van der Waals surface area (Å²) >= 11 is 0. The van der Waals surface area contributed by atoms with E-state index < -0.39 is 6.29 Å². The zero-order valence-corrected chi connectivity index (χ0v) is 21.3. The van der Waals surface area contributed by atoms with Crippen LogP contribution in [0.1, 0.15) is 168 Å². The van der Waals surface area contributed by atoms with Gasteiger partial charge in [-0.2, -0.15) is 0 Å². The maximum absolute atomic E-state index is 11.8. The smallest absolute Gasteiger partial charge is 0.308 e. The molecule has 1 atom stereocenters. The molecule has 0 aliphatic carbocycles. The topological polar surface area (TPSA) is 46.5 Å². The Balaban J connectivity index is 3.29. The third-order valence-electron chi connectivity index (χ3n) is 6.31. The van der Waals surface area contributed by atoms with Crippen molar-refractivity contribution >= 4 is 5.97 Å². The molecule has 0 aromatic carbocycles. The Hall–Kier alpha value is -0.570. The molecule has 1 N–H and O–H groups in total. The van der Waals surface area contributed by atoms with Gasteiger partial charge in [-0.3, -0.25) is 4.79 Å². The van der Waals surface area contributed by atoms with Gasteiger partial charge in [-0.05, 0) is 12.8 Å². The highest BCUT2D eigenvalue weighted by Crippen LogP contribution is 2.14. The minimum Gasteiger partial charge on any atom is -0.436 e. The Labute approximate surface area is 195 Å². The summed E-state index contributed by atoms with van der Waals surface area (Å²) in [6, 6.07) is 0. The highest BCUT2D eigenvalue weighted by molar-refractivity contribution is 5.69. The Morgan fingerprint density at radius 1 is 0.548 bits per heavy atom. The van der Waals surface area contributed by atoms with Crippen LogP contribution >= 0.6 is 0 Å².